The monoisotopic (exact) mass is 478 g/mol. The summed E-state index contributed by atoms with van der Waals surface area (Å²) in [7, 11) is -3.65. The molecule has 6 rings (SSSR count). The molecule has 9 heteroatoms. The average Bonchev–Trinajstić information content (AvgIpc) is 3.37. The van der Waals surface area contributed by atoms with E-state index in [0.29, 0.717) is 25.5 Å². The molecule has 0 N–H and O–H groups in total. The minimum Gasteiger partial charge on any atom is -0.309 e. The zero-order valence-corrected chi connectivity index (χ0v) is 19.8. The topological polar surface area (TPSA) is 92.6 Å². The Hall–Kier alpha value is -3.20. The van der Waals surface area contributed by atoms with Crippen LogP contribution < -0.4 is 9.80 Å². The van der Waals surface area contributed by atoms with Crippen LogP contribution in [0.25, 0.3) is 11.0 Å². The van der Waals surface area contributed by atoms with Gasteiger partial charge in [0.2, 0.25) is 17.8 Å². The maximum Gasteiger partial charge on any atom is 0.230 e. The van der Waals surface area contributed by atoms with Gasteiger partial charge in [0.1, 0.15) is 0 Å². The fourth-order valence-corrected chi connectivity index (χ4v) is 6.44. The second-order valence-corrected chi connectivity index (χ2v) is 11.6. The first-order valence-electron chi connectivity index (χ1n) is 11.8. The number of anilines is 2. The van der Waals surface area contributed by atoms with E-state index in [2.05, 4.69) is 4.98 Å². The van der Waals surface area contributed by atoms with Crippen LogP contribution in [0.2, 0.25) is 0 Å². The van der Waals surface area contributed by atoms with Crippen molar-refractivity contribution in [2.45, 2.75) is 50.1 Å². The van der Waals surface area contributed by atoms with E-state index in [-0.39, 0.29) is 40.8 Å². The van der Waals surface area contributed by atoms with Gasteiger partial charge in [-0.2, -0.15) is 0 Å². The molecule has 1 aliphatic carbocycles. The predicted octanol–water partition coefficient (Wildman–Crippen LogP) is 2.93. The Morgan fingerprint density at radius 2 is 1.88 bits per heavy atom. The fourth-order valence-electron chi connectivity index (χ4n) is 5.16. The van der Waals surface area contributed by atoms with Crippen molar-refractivity contribution in [2.24, 2.45) is 5.92 Å². The van der Waals surface area contributed by atoms with Crippen molar-refractivity contribution >= 4 is 44.3 Å². The second kappa shape index (κ2) is 7.66. The molecular weight excluding hydrogens is 452 g/mol. The quantitative estimate of drug-likeness (QED) is 0.562. The van der Waals surface area contributed by atoms with Crippen molar-refractivity contribution in [3.8, 4) is 0 Å². The Balaban J connectivity index is 1.18. The van der Waals surface area contributed by atoms with E-state index in [9.17, 15) is 18.0 Å². The van der Waals surface area contributed by atoms with Crippen LogP contribution >= 0.6 is 0 Å². The summed E-state index contributed by atoms with van der Waals surface area (Å²) in [4.78, 5) is 33.8. The highest BCUT2D eigenvalue weighted by atomic mass is 32.2. The Morgan fingerprint density at radius 1 is 1.09 bits per heavy atom. The van der Waals surface area contributed by atoms with Crippen molar-refractivity contribution in [3.05, 3.63) is 48.0 Å². The summed E-state index contributed by atoms with van der Waals surface area (Å²) >= 11 is 0. The molecule has 34 heavy (non-hydrogen) atoms. The molecule has 0 saturated heterocycles. The van der Waals surface area contributed by atoms with E-state index in [4.69, 9.17) is 0 Å². The van der Waals surface area contributed by atoms with Crippen molar-refractivity contribution in [2.75, 3.05) is 22.1 Å². The molecule has 8 nitrogen and oxygen atoms in total. The number of amides is 2. The number of rotatable bonds is 5. The molecule has 3 aliphatic rings. The Kier molecular flexibility index (Phi) is 4.81. The standard InChI is InChI=1S/C25H26N4O4S/c1-16-14-18-15-19(8-9-21(18)29(16)24(31)17-6-7-17)34(32,33)13-10-23(30)28-12-11-27-22-5-3-2-4-20(22)26-25(27)28/h2-5,8-9,15-17H,6-7,10-14H2,1H3/t16-/m0/s1. The van der Waals surface area contributed by atoms with Gasteiger partial charge >= 0.3 is 0 Å². The van der Waals surface area contributed by atoms with Crippen LogP contribution in [0, 0.1) is 5.92 Å². The van der Waals surface area contributed by atoms with Crippen LogP contribution in [0.5, 0.6) is 0 Å². The molecule has 3 heterocycles. The highest BCUT2D eigenvalue weighted by molar-refractivity contribution is 7.91. The molecule has 0 radical (unpaired) electrons. The van der Waals surface area contributed by atoms with Gasteiger partial charge in [-0.25, -0.2) is 13.4 Å². The molecule has 2 aliphatic heterocycles. The molecule has 2 amide bonds. The van der Waals surface area contributed by atoms with E-state index < -0.39 is 9.84 Å². The number of imidazole rings is 1. The zero-order chi connectivity index (χ0) is 23.6. The number of para-hydroxylation sites is 2. The van der Waals surface area contributed by atoms with Crippen molar-refractivity contribution in [3.63, 3.8) is 0 Å². The lowest BCUT2D eigenvalue weighted by molar-refractivity contribution is -0.120. The summed E-state index contributed by atoms with van der Waals surface area (Å²) in [6.45, 7) is 3.14. The molecule has 1 aromatic heterocycles. The highest BCUT2D eigenvalue weighted by Crippen LogP contribution is 2.39. The third-order valence-corrected chi connectivity index (χ3v) is 8.81. The summed E-state index contributed by atoms with van der Waals surface area (Å²) in [5.74, 6) is 0.330. The van der Waals surface area contributed by atoms with Gasteiger partial charge in [0, 0.05) is 37.2 Å². The second-order valence-electron chi connectivity index (χ2n) is 9.49. The van der Waals surface area contributed by atoms with Crippen LogP contribution in [0.15, 0.2) is 47.4 Å². The smallest absolute Gasteiger partial charge is 0.230 e. The molecule has 0 unspecified atom stereocenters. The summed E-state index contributed by atoms with van der Waals surface area (Å²) < 4.78 is 28.2. The molecule has 0 bridgehead atoms. The van der Waals surface area contributed by atoms with Crippen LogP contribution in [-0.4, -0.2) is 48.1 Å². The number of carbonyl (C=O) groups excluding carboxylic acids is 2. The number of hydrogen-bond acceptors (Lipinski definition) is 5. The molecular formula is C25H26N4O4S. The fraction of sp³-hybridized carbons (Fsp3) is 0.400. The first kappa shape index (κ1) is 21.3. The van der Waals surface area contributed by atoms with Crippen molar-refractivity contribution in [1.29, 1.82) is 0 Å². The molecule has 1 saturated carbocycles. The van der Waals surface area contributed by atoms with Gasteiger partial charge in [-0.1, -0.05) is 12.1 Å². The number of nitrogens with zero attached hydrogens (tertiary/aromatic N) is 4. The molecule has 1 fully saturated rings. The number of benzene rings is 2. The highest BCUT2D eigenvalue weighted by Gasteiger charge is 2.40. The first-order chi connectivity index (χ1) is 16.3. The Labute approximate surface area is 198 Å². The molecule has 3 aromatic rings. The van der Waals surface area contributed by atoms with Crippen LogP contribution in [0.3, 0.4) is 0 Å². The minimum atomic E-state index is -3.65. The maximum atomic E-state index is 13.1. The van der Waals surface area contributed by atoms with Gasteiger partial charge in [-0.15, -0.1) is 0 Å². The summed E-state index contributed by atoms with van der Waals surface area (Å²) in [5, 5.41) is 0. The lowest BCUT2D eigenvalue weighted by Crippen LogP contribution is -2.36. The zero-order valence-electron chi connectivity index (χ0n) is 19.0. The number of hydrogen-bond donors (Lipinski definition) is 0. The molecule has 1 atom stereocenters. The van der Waals surface area contributed by atoms with Crippen LogP contribution in [0.1, 0.15) is 31.7 Å². The third-order valence-electron chi connectivity index (χ3n) is 7.10. The molecule has 176 valence electrons. The largest absolute Gasteiger partial charge is 0.309 e. The predicted molar refractivity (Wildman–Crippen MR) is 129 cm³/mol. The summed E-state index contributed by atoms with van der Waals surface area (Å²) in [6.07, 6.45) is 2.40. The number of fused-ring (bicyclic) bond motifs is 4. The van der Waals surface area contributed by atoms with E-state index in [1.807, 2.05) is 40.7 Å². The van der Waals surface area contributed by atoms with E-state index >= 15 is 0 Å². The maximum absolute atomic E-state index is 13.1. The number of carbonyl (C=O) groups is 2. The lowest BCUT2D eigenvalue weighted by Gasteiger charge is -2.22. The van der Waals surface area contributed by atoms with E-state index in [1.165, 1.54) is 0 Å². The van der Waals surface area contributed by atoms with Gasteiger partial charge in [0.15, 0.2) is 9.84 Å². The number of aromatic nitrogens is 2. The summed E-state index contributed by atoms with van der Waals surface area (Å²) in [6, 6.07) is 12.7. The van der Waals surface area contributed by atoms with Crippen LogP contribution in [0.4, 0.5) is 11.6 Å². The van der Waals surface area contributed by atoms with Crippen molar-refractivity contribution in [1.82, 2.24) is 9.55 Å². The van der Waals surface area contributed by atoms with E-state index in [1.54, 1.807) is 23.1 Å². The van der Waals surface area contributed by atoms with Crippen LogP contribution in [-0.2, 0) is 32.4 Å². The van der Waals surface area contributed by atoms with Gasteiger partial charge in [0.25, 0.3) is 0 Å². The molecule has 0 spiro atoms. The average molecular weight is 479 g/mol. The van der Waals surface area contributed by atoms with Gasteiger partial charge < -0.3 is 9.47 Å². The first-order valence-corrected chi connectivity index (χ1v) is 13.4. The van der Waals surface area contributed by atoms with Gasteiger partial charge in [-0.3, -0.25) is 14.5 Å². The number of sulfone groups is 1. The summed E-state index contributed by atoms with van der Waals surface area (Å²) in [5.41, 5.74) is 3.49. The lowest BCUT2D eigenvalue weighted by atomic mass is 10.1. The normalized spacial score (nSPS) is 19.5. The SMILES string of the molecule is C[C@H]1Cc2cc(S(=O)(=O)CCC(=O)N3CCn4c3nc3ccccc34)ccc2N1C(=O)C1CC1. The Bertz CT molecular complexity index is 1440. The van der Waals surface area contributed by atoms with E-state index in [0.717, 1.165) is 35.1 Å². The third kappa shape index (κ3) is 3.41. The molecule has 2 aromatic carbocycles. The minimum absolute atomic E-state index is 0.0250. The Morgan fingerprint density at radius 3 is 2.68 bits per heavy atom. The van der Waals surface area contributed by atoms with Gasteiger partial charge in [-0.05, 0) is 62.1 Å². The van der Waals surface area contributed by atoms with Gasteiger partial charge in [0.05, 0.1) is 21.7 Å². The van der Waals surface area contributed by atoms with Crippen molar-refractivity contribution < 1.29 is 18.0 Å².